The van der Waals surface area contributed by atoms with Crippen LogP contribution in [-0.4, -0.2) is 29.1 Å². The molecule has 0 N–H and O–H groups in total. The molecule has 8 heteroatoms. The number of thiophene rings is 2. The van der Waals surface area contributed by atoms with Crippen molar-refractivity contribution in [3.63, 3.8) is 0 Å². The van der Waals surface area contributed by atoms with Crippen molar-refractivity contribution in [1.29, 1.82) is 0 Å². The Morgan fingerprint density at radius 2 is 0.800 bits per heavy atom. The van der Waals surface area contributed by atoms with Gasteiger partial charge in [-0.15, -0.1) is 22.7 Å². The van der Waals surface area contributed by atoms with E-state index >= 15 is 0 Å². The van der Waals surface area contributed by atoms with Crippen molar-refractivity contribution in [3.8, 4) is 56.8 Å². The van der Waals surface area contributed by atoms with Crippen molar-refractivity contribution < 1.29 is 0 Å². The van der Waals surface area contributed by atoms with Gasteiger partial charge in [-0.3, -0.25) is 4.98 Å². The van der Waals surface area contributed by atoms with Crippen LogP contribution >= 0.6 is 22.7 Å². The quantitative estimate of drug-likeness (QED) is 0.167. The highest BCUT2D eigenvalue weighted by Crippen LogP contribution is 2.47. The third-order valence-electron chi connectivity index (χ3n) is 13.8. The average Bonchev–Trinajstić information content (AvgIpc) is 4.19. The summed E-state index contributed by atoms with van der Waals surface area (Å²) in [5.41, 5.74) is 11.0. The second-order valence-electron chi connectivity index (χ2n) is 17.7. The van der Waals surface area contributed by atoms with Crippen molar-refractivity contribution in [2.75, 3.05) is 0 Å². The number of hydrogen-bond donors (Lipinski definition) is 0. The summed E-state index contributed by atoms with van der Waals surface area (Å²) in [4.78, 5) is 20.9. The molecule has 15 rings (SSSR count). The number of nitrogens with zero attached hydrogens (tertiary/aromatic N) is 6. The Labute approximate surface area is 408 Å². The van der Waals surface area contributed by atoms with Gasteiger partial charge in [-0.05, 0) is 66.7 Å². The van der Waals surface area contributed by atoms with Gasteiger partial charge < -0.3 is 9.13 Å². The summed E-state index contributed by atoms with van der Waals surface area (Å²) in [5.74, 6) is 1.80. The largest absolute Gasteiger partial charge is 0.309 e. The second-order valence-corrected chi connectivity index (χ2v) is 19.8. The number of rotatable bonds is 6. The predicted molar refractivity (Wildman–Crippen MR) is 294 cm³/mol. The van der Waals surface area contributed by atoms with Gasteiger partial charge in [0.25, 0.3) is 0 Å². The van der Waals surface area contributed by atoms with Crippen LogP contribution in [0.25, 0.3) is 141 Å². The third kappa shape index (κ3) is 5.84. The topological polar surface area (TPSA) is 61.4 Å². The van der Waals surface area contributed by atoms with E-state index in [-0.39, 0.29) is 0 Å². The van der Waals surface area contributed by atoms with Gasteiger partial charge >= 0.3 is 0 Å². The zero-order valence-electron chi connectivity index (χ0n) is 37.3. The van der Waals surface area contributed by atoms with Gasteiger partial charge in [0.1, 0.15) is 0 Å². The smallest absolute Gasteiger partial charge is 0.164 e. The zero-order valence-corrected chi connectivity index (χ0v) is 38.9. The van der Waals surface area contributed by atoms with Crippen LogP contribution in [0.3, 0.4) is 0 Å². The number of aromatic nitrogens is 6. The van der Waals surface area contributed by atoms with Crippen LogP contribution in [0.2, 0.25) is 0 Å². The Kier molecular flexibility index (Phi) is 8.60. The fourth-order valence-electron chi connectivity index (χ4n) is 10.8. The van der Waals surface area contributed by atoms with E-state index in [4.69, 9.17) is 19.9 Å². The number of benzene rings is 9. The van der Waals surface area contributed by atoms with Crippen LogP contribution in [0.5, 0.6) is 0 Å². The molecule has 15 aromatic rings. The molecule has 0 aliphatic rings. The summed E-state index contributed by atoms with van der Waals surface area (Å²) in [6, 6.07) is 75.6. The molecule has 0 bridgehead atoms. The first-order valence-electron chi connectivity index (χ1n) is 23.4. The van der Waals surface area contributed by atoms with Crippen LogP contribution in [0.15, 0.2) is 219 Å². The van der Waals surface area contributed by atoms with Gasteiger partial charge in [-0.1, -0.05) is 146 Å². The monoisotopic (exact) mass is 928 g/mol. The fraction of sp³-hybridized carbons (Fsp3) is 0. The second kappa shape index (κ2) is 15.3. The molecule has 0 aliphatic carbocycles. The molecule has 0 aliphatic heterocycles. The molecule has 0 fully saturated rings. The highest BCUT2D eigenvalue weighted by Gasteiger charge is 2.25. The van der Waals surface area contributed by atoms with E-state index in [2.05, 4.69) is 185 Å². The highest BCUT2D eigenvalue weighted by atomic mass is 32.1. The van der Waals surface area contributed by atoms with Gasteiger partial charge in [0, 0.05) is 90.3 Å². The molecule has 0 amide bonds. The minimum Gasteiger partial charge on any atom is -0.309 e. The third-order valence-corrected chi connectivity index (χ3v) is 16.2. The summed E-state index contributed by atoms with van der Waals surface area (Å²) in [6.07, 6.45) is 1.92. The Morgan fingerprint density at radius 3 is 1.36 bits per heavy atom. The molecule has 326 valence electrons. The first kappa shape index (κ1) is 39.2. The zero-order chi connectivity index (χ0) is 45.9. The lowest BCUT2D eigenvalue weighted by molar-refractivity contribution is 1.07. The molecule has 9 aromatic carbocycles. The van der Waals surface area contributed by atoms with Crippen LogP contribution in [0.4, 0.5) is 0 Å². The number of pyridine rings is 1. The van der Waals surface area contributed by atoms with E-state index < -0.39 is 0 Å². The molecule has 0 radical (unpaired) electrons. The van der Waals surface area contributed by atoms with Gasteiger partial charge in [0.05, 0.1) is 39.1 Å². The summed E-state index contributed by atoms with van der Waals surface area (Å²) >= 11 is 3.74. The average molecular weight is 929 g/mol. The molecule has 0 saturated heterocycles. The summed E-state index contributed by atoms with van der Waals surface area (Å²) in [5, 5.41) is 10.0. The highest BCUT2D eigenvalue weighted by molar-refractivity contribution is 7.27. The van der Waals surface area contributed by atoms with Gasteiger partial charge in [0.2, 0.25) is 0 Å². The van der Waals surface area contributed by atoms with E-state index in [1.807, 2.05) is 65.3 Å². The Hall–Kier alpha value is -8.82. The van der Waals surface area contributed by atoms with Crippen LogP contribution in [-0.2, 0) is 0 Å². The van der Waals surface area contributed by atoms with E-state index in [0.29, 0.717) is 17.5 Å². The first-order chi connectivity index (χ1) is 34.7. The van der Waals surface area contributed by atoms with Crippen molar-refractivity contribution in [3.05, 3.63) is 219 Å². The Morgan fingerprint density at radius 1 is 0.329 bits per heavy atom. The standard InChI is InChI=1S/C62H36N6S2/c1-3-16-37(17-4-1)60-64-61(38-18-5-2-6-19-38)66-62(65-60)39-29-32-49(67-47-24-11-7-22-44(47)55-50(67)33-30-42-40-20-9-13-27-53(40)69-58(42)55)46(36-39)57-52(26-15-35-63-57)68-48-25-12-8-23-45(48)56-51(68)34-31-43-41-21-10-14-28-54(41)70-59(43)56/h1-36H. The lowest BCUT2D eigenvalue weighted by Gasteiger charge is -2.19. The van der Waals surface area contributed by atoms with E-state index in [1.54, 1.807) is 0 Å². The molecular weight excluding hydrogens is 893 g/mol. The SMILES string of the molecule is c1ccc(-c2nc(-c3ccccc3)nc(-c3ccc(-n4c5ccccc5c5c6sc7ccccc7c6ccc54)c(-c4ncccc4-n4c5ccccc5c5c6sc7ccccc7c6ccc54)c3)n2)cc1. The lowest BCUT2D eigenvalue weighted by atomic mass is 10.0. The molecule has 0 spiro atoms. The summed E-state index contributed by atoms with van der Waals surface area (Å²) in [7, 11) is 0. The molecule has 70 heavy (non-hydrogen) atoms. The van der Waals surface area contributed by atoms with Crippen LogP contribution in [0, 0.1) is 0 Å². The maximum atomic E-state index is 5.41. The van der Waals surface area contributed by atoms with Crippen molar-refractivity contribution in [1.82, 2.24) is 29.1 Å². The van der Waals surface area contributed by atoms with E-state index in [1.165, 1.54) is 61.9 Å². The lowest BCUT2D eigenvalue weighted by Crippen LogP contribution is -2.04. The van der Waals surface area contributed by atoms with Gasteiger partial charge in [-0.2, -0.15) is 0 Å². The maximum absolute atomic E-state index is 5.41. The minimum absolute atomic E-state index is 0.580. The molecule has 0 saturated carbocycles. The maximum Gasteiger partial charge on any atom is 0.164 e. The predicted octanol–water partition coefficient (Wildman–Crippen LogP) is 16.9. The molecule has 0 unspecified atom stereocenters. The number of para-hydroxylation sites is 2. The van der Waals surface area contributed by atoms with Crippen molar-refractivity contribution >= 4 is 107 Å². The Bertz CT molecular complexity index is 4540. The van der Waals surface area contributed by atoms with Gasteiger partial charge in [-0.25, -0.2) is 15.0 Å². The van der Waals surface area contributed by atoms with E-state index in [9.17, 15) is 0 Å². The minimum atomic E-state index is 0.580. The Balaban J connectivity index is 1.04. The molecule has 6 aromatic heterocycles. The molecular formula is C62H36N6S2. The summed E-state index contributed by atoms with van der Waals surface area (Å²) < 4.78 is 10.0. The van der Waals surface area contributed by atoms with Crippen molar-refractivity contribution in [2.45, 2.75) is 0 Å². The normalized spacial score (nSPS) is 12.0. The van der Waals surface area contributed by atoms with Crippen molar-refractivity contribution in [2.24, 2.45) is 0 Å². The van der Waals surface area contributed by atoms with Crippen LogP contribution < -0.4 is 0 Å². The van der Waals surface area contributed by atoms with Crippen LogP contribution in [0.1, 0.15) is 0 Å². The number of hydrogen-bond acceptors (Lipinski definition) is 6. The molecule has 6 heterocycles. The first-order valence-corrected chi connectivity index (χ1v) is 25.0. The fourth-order valence-corrected chi connectivity index (χ4v) is 13.3. The van der Waals surface area contributed by atoms with E-state index in [0.717, 1.165) is 61.4 Å². The summed E-state index contributed by atoms with van der Waals surface area (Å²) in [6.45, 7) is 0. The number of fused-ring (bicyclic) bond motifs is 14. The van der Waals surface area contributed by atoms with Gasteiger partial charge in [0.15, 0.2) is 17.5 Å². The molecule has 6 nitrogen and oxygen atoms in total. The molecule has 0 atom stereocenters.